The van der Waals surface area contributed by atoms with Gasteiger partial charge >= 0.3 is 0 Å². The molecule has 4 heterocycles. The van der Waals surface area contributed by atoms with Crippen LogP contribution in [0.3, 0.4) is 0 Å². The molecular formula is C23H29N3O. The number of amides is 1. The second-order valence-electron chi connectivity index (χ2n) is 7.99. The van der Waals surface area contributed by atoms with E-state index in [1.165, 1.54) is 19.3 Å². The van der Waals surface area contributed by atoms with Crippen LogP contribution in [-0.4, -0.2) is 52.9 Å². The molecule has 0 unspecified atom stereocenters. The Kier molecular flexibility index (Phi) is 5.26. The molecule has 0 aliphatic carbocycles. The highest BCUT2D eigenvalue weighted by Crippen LogP contribution is 2.31. The smallest absolute Gasteiger partial charge is 0.256 e. The standard InChI is InChI=1S/C23H29N3O/c1-3-13-25-14-18-9-10-20(25)16-26(15-18)23(27)22-17(2)24-12-11-21(22)19-7-5-4-6-8-19/h4-8,11-12,18,20H,3,9-10,13-16H2,1-2H3/t18-,20-/m1/s1. The van der Waals surface area contributed by atoms with Crippen LogP contribution in [0.15, 0.2) is 42.6 Å². The Morgan fingerprint density at radius 1 is 1.11 bits per heavy atom. The van der Waals surface area contributed by atoms with Crippen molar-refractivity contribution in [3.8, 4) is 11.1 Å². The first-order valence-electron chi connectivity index (χ1n) is 10.2. The summed E-state index contributed by atoms with van der Waals surface area (Å²) in [6.07, 6.45) is 5.44. The highest BCUT2D eigenvalue weighted by atomic mass is 16.2. The van der Waals surface area contributed by atoms with E-state index in [1.807, 2.05) is 37.4 Å². The fraction of sp³-hybridized carbons (Fsp3) is 0.478. The molecule has 142 valence electrons. The number of aromatic nitrogens is 1. The van der Waals surface area contributed by atoms with Crippen LogP contribution in [0.1, 0.15) is 42.2 Å². The van der Waals surface area contributed by atoms with Gasteiger partial charge in [-0.05, 0) is 55.8 Å². The van der Waals surface area contributed by atoms with Gasteiger partial charge in [0.2, 0.25) is 0 Å². The lowest BCUT2D eigenvalue weighted by molar-refractivity contribution is 0.0737. The summed E-state index contributed by atoms with van der Waals surface area (Å²) in [6, 6.07) is 12.7. The van der Waals surface area contributed by atoms with Crippen LogP contribution >= 0.6 is 0 Å². The molecule has 4 nitrogen and oxygen atoms in total. The highest BCUT2D eigenvalue weighted by Gasteiger charge is 2.37. The van der Waals surface area contributed by atoms with Crippen LogP contribution < -0.4 is 0 Å². The Hall–Kier alpha value is -2.20. The lowest BCUT2D eigenvalue weighted by atomic mass is 9.95. The molecule has 0 saturated carbocycles. The van der Waals surface area contributed by atoms with Crippen molar-refractivity contribution in [3.05, 3.63) is 53.9 Å². The lowest BCUT2D eigenvalue weighted by Crippen LogP contribution is -2.44. The number of hydrogen-bond acceptors (Lipinski definition) is 3. The molecule has 5 rings (SSSR count). The number of pyridine rings is 1. The third kappa shape index (κ3) is 3.63. The Morgan fingerprint density at radius 3 is 2.70 bits per heavy atom. The summed E-state index contributed by atoms with van der Waals surface area (Å²) >= 11 is 0. The van der Waals surface area contributed by atoms with Crippen LogP contribution in [-0.2, 0) is 0 Å². The lowest BCUT2D eigenvalue weighted by Gasteiger charge is -2.35. The van der Waals surface area contributed by atoms with Crippen molar-refractivity contribution in [1.29, 1.82) is 0 Å². The minimum Gasteiger partial charge on any atom is -0.337 e. The number of fused-ring (bicyclic) bond motifs is 4. The summed E-state index contributed by atoms with van der Waals surface area (Å²) in [7, 11) is 0. The summed E-state index contributed by atoms with van der Waals surface area (Å²) in [5.74, 6) is 0.742. The number of nitrogens with zero attached hydrogens (tertiary/aromatic N) is 3. The van der Waals surface area contributed by atoms with E-state index in [-0.39, 0.29) is 5.91 Å². The fourth-order valence-corrected chi connectivity index (χ4v) is 4.76. The highest BCUT2D eigenvalue weighted by molar-refractivity contribution is 6.01. The van der Waals surface area contributed by atoms with Gasteiger partial charge in [-0.3, -0.25) is 14.7 Å². The molecule has 2 aromatic rings. The first-order chi connectivity index (χ1) is 13.2. The molecule has 1 aromatic carbocycles. The summed E-state index contributed by atoms with van der Waals surface area (Å²) in [5, 5.41) is 0. The molecule has 3 saturated heterocycles. The zero-order chi connectivity index (χ0) is 18.8. The largest absolute Gasteiger partial charge is 0.337 e. The zero-order valence-corrected chi connectivity index (χ0v) is 16.4. The van der Waals surface area contributed by atoms with E-state index in [4.69, 9.17) is 0 Å². The quantitative estimate of drug-likeness (QED) is 0.824. The topological polar surface area (TPSA) is 36.4 Å². The second kappa shape index (κ2) is 7.81. The molecular weight excluding hydrogens is 334 g/mol. The van der Waals surface area contributed by atoms with Gasteiger partial charge in [0.25, 0.3) is 5.91 Å². The van der Waals surface area contributed by atoms with Gasteiger partial charge in [-0.25, -0.2) is 0 Å². The van der Waals surface area contributed by atoms with Crippen molar-refractivity contribution in [1.82, 2.24) is 14.8 Å². The minimum absolute atomic E-state index is 0.148. The van der Waals surface area contributed by atoms with Crippen molar-refractivity contribution < 1.29 is 4.79 Å². The first-order valence-corrected chi connectivity index (χ1v) is 10.2. The number of carbonyl (C=O) groups excluding carboxylic acids is 1. The van der Waals surface area contributed by atoms with E-state index in [0.717, 1.165) is 48.6 Å². The predicted molar refractivity (Wildman–Crippen MR) is 109 cm³/mol. The molecule has 0 N–H and O–H groups in total. The van der Waals surface area contributed by atoms with Gasteiger partial charge in [-0.2, -0.15) is 0 Å². The van der Waals surface area contributed by atoms with Crippen molar-refractivity contribution in [2.24, 2.45) is 5.92 Å². The van der Waals surface area contributed by atoms with Crippen LogP contribution in [0.4, 0.5) is 0 Å². The molecule has 1 aromatic heterocycles. The van der Waals surface area contributed by atoms with Crippen LogP contribution in [0.25, 0.3) is 11.1 Å². The molecule has 2 atom stereocenters. The van der Waals surface area contributed by atoms with Gasteiger partial charge in [0, 0.05) is 31.9 Å². The number of hydrogen-bond donors (Lipinski definition) is 0. The molecule has 0 radical (unpaired) electrons. The molecule has 1 amide bonds. The van der Waals surface area contributed by atoms with Crippen molar-refractivity contribution in [2.45, 2.75) is 39.2 Å². The van der Waals surface area contributed by atoms with Gasteiger partial charge in [0.05, 0.1) is 11.3 Å². The second-order valence-corrected chi connectivity index (χ2v) is 7.99. The molecule has 27 heavy (non-hydrogen) atoms. The van der Waals surface area contributed by atoms with Crippen molar-refractivity contribution >= 4 is 5.91 Å². The van der Waals surface area contributed by atoms with E-state index < -0.39 is 0 Å². The van der Waals surface area contributed by atoms with Crippen LogP contribution in [0.2, 0.25) is 0 Å². The Morgan fingerprint density at radius 2 is 1.93 bits per heavy atom. The van der Waals surface area contributed by atoms with E-state index in [9.17, 15) is 4.79 Å². The summed E-state index contributed by atoms with van der Waals surface area (Å²) in [6.45, 7) is 8.20. The first kappa shape index (κ1) is 18.2. The fourth-order valence-electron chi connectivity index (χ4n) is 4.76. The van der Waals surface area contributed by atoms with Crippen molar-refractivity contribution in [2.75, 3.05) is 26.2 Å². The average Bonchev–Trinajstić information content (AvgIpc) is 3.00. The SMILES string of the molecule is CCCN1C[C@H]2CC[C@@H]1CN(C(=O)c1c(-c3ccccc3)ccnc1C)C2. The number of benzene rings is 1. The third-order valence-electron chi connectivity index (χ3n) is 6.06. The molecule has 4 heteroatoms. The third-order valence-corrected chi connectivity index (χ3v) is 6.06. The van der Waals surface area contributed by atoms with Gasteiger partial charge in [0.1, 0.15) is 0 Å². The normalized spacial score (nSPS) is 22.7. The van der Waals surface area contributed by atoms with Gasteiger partial charge in [0.15, 0.2) is 0 Å². The monoisotopic (exact) mass is 363 g/mol. The molecule has 2 bridgehead atoms. The number of rotatable bonds is 4. The Labute approximate surface area is 162 Å². The Balaban J connectivity index is 1.66. The van der Waals surface area contributed by atoms with E-state index in [0.29, 0.717) is 12.0 Å². The maximum absolute atomic E-state index is 13.6. The number of aryl methyl sites for hydroxylation is 1. The number of piperidine rings is 1. The zero-order valence-electron chi connectivity index (χ0n) is 16.4. The van der Waals surface area contributed by atoms with E-state index in [1.54, 1.807) is 0 Å². The summed E-state index contributed by atoms with van der Waals surface area (Å²) < 4.78 is 0. The summed E-state index contributed by atoms with van der Waals surface area (Å²) in [4.78, 5) is 22.8. The minimum atomic E-state index is 0.148. The molecule has 3 aliphatic heterocycles. The summed E-state index contributed by atoms with van der Waals surface area (Å²) in [5.41, 5.74) is 3.67. The number of carbonyl (C=O) groups is 1. The van der Waals surface area contributed by atoms with Crippen LogP contribution in [0.5, 0.6) is 0 Å². The predicted octanol–water partition coefficient (Wildman–Crippen LogP) is 4.00. The molecule has 3 fully saturated rings. The average molecular weight is 364 g/mol. The van der Waals surface area contributed by atoms with Gasteiger partial charge in [-0.1, -0.05) is 37.3 Å². The van der Waals surface area contributed by atoms with E-state index >= 15 is 0 Å². The van der Waals surface area contributed by atoms with Gasteiger partial charge < -0.3 is 4.90 Å². The molecule has 3 aliphatic rings. The Bertz CT molecular complexity index is 805. The van der Waals surface area contributed by atoms with Gasteiger partial charge in [-0.15, -0.1) is 0 Å². The van der Waals surface area contributed by atoms with Crippen molar-refractivity contribution in [3.63, 3.8) is 0 Å². The maximum atomic E-state index is 13.6. The van der Waals surface area contributed by atoms with Crippen LogP contribution in [0, 0.1) is 12.8 Å². The molecule has 0 spiro atoms. The maximum Gasteiger partial charge on any atom is 0.256 e. The van der Waals surface area contributed by atoms with E-state index in [2.05, 4.69) is 33.8 Å².